The van der Waals surface area contributed by atoms with Crippen molar-refractivity contribution in [1.82, 2.24) is 0 Å². The van der Waals surface area contributed by atoms with Crippen LogP contribution in [0.1, 0.15) is 0 Å². The highest BCUT2D eigenvalue weighted by Crippen LogP contribution is 2.21. The molecule has 2 N–H and O–H groups in total. The summed E-state index contributed by atoms with van der Waals surface area (Å²) in [6.07, 6.45) is 2.99. The third kappa shape index (κ3) is 4.04. The third-order valence-electron chi connectivity index (χ3n) is 2.40. The van der Waals surface area contributed by atoms with E-state index in [1.54, 1.807) is 0 Å². The first-order valence-corrected chi connectivity index (χ1v) is 11.0. The number of rotatable bonds is 6. The van der Waals surface area contributed by atoms with Gasteiger partial charge in [0, 0.05) is 0 Å². The van der Waals surface area contributed by atoms with Gasteiger partial charge in [-0.1, -0.05) is 12.2 Å². The summed E-state index contributed by atoms with van der Waals surface area (Å²) in [5.41, 5.74) is -1.22. The molecule has 0 saturated carbocycles. The molecular weight excluding hydrogens is 224 g/mol. The SMILES string of the molecule is C=CC(O)[Si](C)(C)O[Si](C)(C)C(O)C=C. The fourth-order valence-corrected chi connectivity index (χ4v) is 8.89. The topological polar surface area (TPSA) is 49.7 Å². The van der Waals surface area contributed by atoms with Crippen molar-refractivity contribution in [2.24, 2.45) is 0 Å². The van der Waals surface area contributed by atoms with Gasteiger partial charge in [-0.2, -0.15) is 0 Å². The zero-order valence-electron chi connectivity index (χ0n) is 10.0. The number of hydrogen-bond acceptors (Lipinski definition) is 3. The molecule has 0 aromatic heterocycles. The molecule has 5 heteroatoms. The first kappa shape index (κ1) is 14.8. The Hall–Kier alpha value is -0.206. The van der Waals surface area contributed by atoms with E-state index in [1.807, 2.05) is 26.2 Å². The second-order valence-electron chi connectivity index (χ2n) is 4.67. The maximum absolute atomic E-state index is 9.74. The average Bonchev–Trinajstić information content (AvgIpc) is 2.13. The van der Waals surface area contributed by atoms with Crippen molar-refractivity contribution in [3.63, 3.8) is 0 Å². The van der Waals surface area contributed by atoms with Crippen molar-refractivity contribution < 1.29 is 14.3 Å². The zero-order valence-corrected chi connectivity index (χ0v) is 12.0. The second-order valence-corrected chi connectivity index (χ2v) is 13.1. The molecule has 2 unspecified atom stereocenters. The first-order chi connectivity index (χ1) is 6.67. The highest BCUT2D eigenvalue weighted by molar-refractivity contribution is 6.86. The van der Waals surface area contributed by atoms with Crippen LogP contribution >= 0.6 is 0 Å². The molecule has 0 radical (unpaired) electrons. The van der Waals surface area contributed by atoms with E-state index in [0.717, 1.165) is 0 Å². The Morgan fingerprint density at radius 3 is 1.40 bits per heavy atom. The van der Waals surface area contributed by atoms with E-state index in [2.05, 4.69) is 13.2 Å². The van der Waals surface area contributed by atoms with Gasteiger partial charge in [-0.05, 0) is 26.2 Å². The third-order valence-corrected chi connectivity index (χ3v) is 9.93. The van der Waals surface area contributed by atoms with Gasteiger partial charge in [0.2, 0.25) is 16.6 Å². The van der Waals surface area contributed by atoms with Gasteiger partial charge in [0.1, 0.15) is 0 Å². The van der Waals surface area contributed by atoms with Crippen LogP contribution in [-0.2, 0) is 4.12 Å². The molecule has 0 aliphatic heterocycles. The molecule has 0 spiro atoms. The molecule has 0 saturated heterocycles. The molecule has 0 aromatic rings. The van der Waals surface area contributed by atoms with Crippen LogP contribution in [0.5, 0.6) is 0 Å². The quantitative estimate of drug-likeness (QED) is 0.553. The van der Waals surface area contributed by atoms with Crippen LogP contribution in [0.15, 0.2) is 25.3 Å². The summed E-state index contributed by atoms with van der Waals surface area (Å²) < 4.78 is 5.97. The van der Waals surface area contributed by atoms with Crippen LogP contribution < -0.4 is 0 Å². The number of aliphatic hydroxyl groups excluding tert-OH is 2. The van der Waals surface area contributed by atoms with Crippen molar-refractivity contribution in [3.05, 3.63) is 25.3 Å². The van der Waals surface area contributed by atoms with Crippen LogP contribution in [0.3, 0.4) is 0 Å². The standard InChI is InChI=1S/C10H22O3Si2/c1-7-9(11)14(3,4)13-15(5,6)10(12)8-2/h7-12H,1-2H2,3-6H3. The van der Waals surface area contributed by atoms with Gasteiger partial charge in [0.05, 0.1) is 11.5 Å². The predicted molar refractivity (Wildman–Crippen MR) is 68.5 cm³/mol. The maximum atomic E-state index is 9.74. The average molecular weight is 246 g/mol. The van der Waals surface area contributed by atoms with Crippen molar-refractivity contribution in [3.8, 4) is 0 Å². The van der Waals surface area contributed by atoms with E-state index >= 15 is 0 Å². The lowest BCUT2D eigenvalue weighted by Gasteiger charge is -2.37. The van der Waals surface area contributed by atoms with Crippen molar-refractivity contribution in [2.45, 2.75) is 37.6 Å². The molecule has 0 rings (SSSR count). The van der Waals surface area contributed by atoms with E-state index in [1.165, 1.54) is 12.2 Å². The lowest BCUT2D eigenvalue weighted by atomic mass is 10.7. The zero-order chi connectivity index (χ0) is 12.3. The Morgan fingerprint density at radius 2 is 1.20 bits per heavy atom. The van der Waals surface area contributed by atoms with Gasteiger partial charge in [-0.15, -0.1) is 13.2 Å². The minimum absolute atomic E-state index is 0.610. The fourth-order valence-electron chi connectivity index (χ4n) is 1.37. The molecule has 88 valence electrons. The Morgan fingerprint density at radius 1 is 0.933 bits per heavy atom. The highest BCUT2D eigenvalue weighted by atomic mass is 28.4. The van der Waals surface area contributed by atoms with Gasteiger partial charge in [-0.25, -0.2) is 0 Å². The fraction of sp³-hybridized carbons (Fsp3) is 0.600. The summed E-state index contributed by atoms with van der Waals surface area (Å²) >= 11 is 0. The Kier molecular flexibility index (Phi) is 5.15. The number of hydrogen-bond donors (Lipinski definition) is 2. The summed E-state index contributed by atoms with van der Waals surface area (Å²) in [6.45, 7) is 14.8. The van der Waals surface area contributed by atoms with E-state index in [-0.39, 0.29) is 0 Å². The summed E-state index contributed by atoms with van der Waals surface area (Å²) in [6, 6.07) is 0. The van der Waals surface area contributed by atoms with Crippen LogP contribution in [0.25, 0.3) is 0 Å². The van der Waals surface area contributed by atoms with Crippen molar-refractivity contribution in [2.75, 3.05) is 0 Å². The second kappa shape index (κ2) is 5.22. The number of aliphatic hydroxyl groups is 2. The summed E-state index contributed by atoms with van der Waals surface area (Å²) in [5, 5.41) is 19.5. The lowest BCUT2D eigenvalue weighted by molar-refractivity contribution is 0.246. The van der Waals surface area contributed by atoms with Gasteiger partial charge in [-0.3, -0.25) is 0 Å². The van der Waals surface area contributed by atoms with Gasteiger partial charge >= 0.3 is 0 Å². The molecule has 0 amide bonds. The Labute approximate surface area is 94.4 Å². The Balaban J connectivity index is 4.70. The van der Waals surface area contributed by atoms with Crippen molar-refractivity contribution in [1.29, 1.82) is 0 Å². The van der Waals surface area contributed by atoms with Crippen molar-refractivity contribution >= 4 is 16.6 Å². The van der Waals surface area contributed by atoms with E-state index in [0.29, 0.717) is 0 Å². The minimum Gasteiger partial charge on any atom is -0.452 e. The largest absolute Gasteiger partial charge is 0.452 e. The van der Waals surface area contributed by atoms with Gasteiger partial charge in [0.25, 0.3) is 0 Å². The molecule has 2 atom stereocenters. The van der Waals surface area contributed by atoms with Gasteiger partial charge in [0.15, 0.2) is 0 Å². The first-order valence-electron chi connectivity index (χ1n) is 4.99. The van der Waals surface area contributed by atoms with Gasteiger partial charge < -0.3 is 14.3 Å². The van der Waals surface area contributed by atoms with Crippen LogP contribution in [0.2, 0.25) is 26.2 Å². The monoisotopic (exact) mass is 246 g/mol. The molecule has 0 fully saturated rings. The smallest absolute Gasteiger partial charge is 0.206 e. The molecule has 0 aliphatic rings. The Bertz CT molecular complexity index is 215. The molecule has 0 heterocycles. The van der Waals surface area contributed by atoms with Crippen LogP contribution in [0.4, 0.5) is 0 Å². The molecule has 0 aromatic carbocycles. The predicted octanol–water partition coefficient (Wildman–Crippen LogP) is 1.59. The summed E-state index contributed by atoms with van der Waals surface area (Å²) in [7, 11) is -4.46. The van der Waals surface area contributed by atoms with E-state index in [9.17, 15) is 10.2 Å². The highest BCUT2D eigenvalue weighted by Gasteiger charge is 2.40. The lowest BCUT2D eigenvalue weighted by Crippen LogP contribution is -2.56. The van der Waals surface area contributed by atoms with Crippen LogP contribution in [-0.4, -0.2) is 38.3 Å². The molecule has 0 aliphatic carbocycles. The van der Waals surface area contributed by atoms with Crippen LogP contribution in [0, 0.1) is 0 Å². The van der Waals surface area contributed by atoms with E-state index < -0.39 is 28.1 Å². The minimum atomic E-state index is -2.23. The molecule has 15 heavy (non-hydrogen) atoms. The molecular formula is C10H22O3Si2. The molecule has 0 bridgehead atoms. The maximum Gasteiger partial charge on any atom is 0.206 e. The summed E-state index contributed by atoms with van der Waals surface area (Å²) in [5.74, 6) is 0. The summed E-state index contributed by atoms with van der Waals surface area (Å²) in [4.78, 5) is 0. The normalized spacial score (nSPS) is 16.9. The van der Waals surface area contributed by atoms with E-state index in [4.69, 9.17) is 4.12 Å². The molecule has 3 nitrogen and oxygen atoms in total.